The van der Waals surface area contributed by atoms with Crippen molar-refractivity contribution in [2.24, 2.45) is 16.0 Å². The Labute approximate surface area is 152 Å². The molecule has 10 nitrogen and oxygen atoms in total. The Balaban J connectivity index is 1.77. The van der Waals surface area contributed by atoms with E-state index in [-0.39, 0.29) is 23.9 Å². The van der Waals surface area contributed by atoms with Gasteiger partial charge in [-0.25, -0.2) is 0 Å². The van der Waals surface area contributed by atoms with E-state index in [1.54, 1.807) is 30.3 Å². The summed E-state index contributed by atoms with van der Waals surface area (Å²) in [5.41, 5.74) is 5.74. The molecule has 1 aromatic carbocycles. The van der Waals surface area contributed by atoms with Crippen molar-refractivity contribution in [2.75, 3.05) is 6.54 Å². The summed E-state index contributed by atoms with van der Waals surface area (Å²) in [5.74, 6) is -2.23. The Morgan fingerprint density at radius 1 is 1.19 bits per heavy atom. The first kappa shape index (κ1) is 17.9. The van der Waals surface area contributed by atoms with E-state index < -0.39 is 24.3 Å². The molecule has 3 rings (SSSR count). The minimum atomic E-state index is -0.735. The van der Waals surface area contributed by atoms with Crippen LogP contribution in [0.2, 0.25) is 0 Å². The number of nitrogens with zero attached hydrogens (tertiary/aromatic N) is 3. The van der Waals surface area contributed by atoms with Gasteiger partial charge in [0.1, 0.15) is 13.1 Å². The first-order chi connectivity index (χ1) is 13.0. The number of hydrogen-bond acceptors (Lipinski definition) is 6. The first-order valence-corrected chi connectivity index (χ1v) is 7.82. The lowest BCUT2D eigenvalue weighted by atomic mass is 10.2. The Morgan fingerprint density at radius 3 is 2.67 bits per heavy atom. The summed E-state index contributed by atoms with van der Waals surface area (Å²) < 4.78 is 6.18. The van der Waals surface area contributed by atoms with Crippen LogP contribution in [-0.4, -0.2) is 33.9 Å². The summed E-state index contributed by atoms with van der Waals surface area (Å²) in [7, 11) is 0. The number of nitrogens with two attached hydrogens (primary N) is 1. The SMILES string of the molecule is NC(=O)Cn1c(O)c(N=NC(=O)CNC(=O)c2ccco2)c2ccccc21. The van der Waals surface area contributed by atoms with Gasteiger partial charge in [-0.05, 0) is 18.2 Å². The van der Waals surface area contributed by atoms with Crippen LogP contribution in [0.25, 0.3) is 10.9 Å². The van der Waals surface area contributed by atoms with E-state index in [0.717, 1.165) is 0 Å². The number of aromatic hydroxyl groups is 1. The molecule has 3 aromatic rings. The molecule has 0 aliphatic rings. The zero-order valence-electron chi connectivity index (χ0n) is 14.0. The number of primary amides is 1. The van der Waals surface area contributed by atoms with E-state index in [1.165, 1.54) is 16.9 Å². The van der Waals surface area contributed by atoms with E-state index >= 15 is 0 Å². The molecule has 10 heteroatoms. The Kier molecular flexibility index (Phi) is 4.97. The molecule has 0 spiro atoms. The van der Waals surface area contributed by atoms with Crippen LogP contribution < -0.4 is 11.1 Å². The van der Waals surface area contributed by atoms with Crippen molar-refractivity contribution in [3.63, 3.8) is 0 Å². The number of fused-ring (bicyclic) bond motifs is 1. The molecular weight excluding hydrogens is 354 g/mol. The molecule has 0 aliphatic carbocycles. The molecule has 138 valence electrons. The largest absolute Gasteiger partial charge is 0.493 e. The molecule has 0 unspecified atom stereocenters. The van der Waals surface area contributed by atoms with Gasteiger partial charge >= 0.3 is 0 Å². The van der Waals surface area contributed by atoms with Crippen LogP contribution >= 0.6 is 0 Å². The lowest BCUT2D eigenvalue weighted by Gasteiger charge is -2.02. The average molecular weight is 369 g/mol. The van der Waals surface area contributed by atoms with E-state index in [9.17, 15) is 19.5 Å². The summed E-state index contributed by atoms with van der Waals surface area (Å²) in [6.45, 7) is -0.654. The number of aromatic nitrogens is 1. The first-order valence-electron chi connectivity index (χ1n) is 7.82. The summed E-state index contributed by atoms with van der Waals surface area (Å²) in [6.07, 6.45) is 1.33. The van der Waals surface area contributed by atoms with Crippen LogP contribution in [0.4, 0.5) is 5.69 Å². The van der Waals surface area contributed by atoms with Gasteiger partial charge in [-0.15, -0.1) is 10.2 Å². The highest BCUT2D eigenvalue weighted by Crippen LogP contribution is 2.38. The molecule has 0 aliphatic heterocycles. The molecule has 4 N–H and O–H groups in total. The van der Waals surface area contributed by atoms with Gasteiger partial charge < -0.3 is 25.1 Å². The molecule has 0 fully saturated rings. The Bertz CT molecular complexity index is 1040. The lowest BCUT2D eigenvalue weighted by molar-refractivity contribution is -0.119. The molecular formula is C17H15N5O5. The lowest BCUT2D eigenvalue weighted by Crippen LogP contribution is -2.28. The number of carbonyl (C=O) groups excluding carboxylic acids is 3. The molecule has 0 atom stereocenters. The fraction of sp³-hybridized carbons (Fsp3) is 0.118. The highest BCUT2D eigenvalue weighted by molar-refractivity contribution is 5.97. The molecule has 3 amide bonds. The summed E-state index contributed by atoms with van der Waals surface area (Å²) in [4.78, 5) is 34.8. The van der Waals surface area contributed by atoms with Crippen LogP contribution in [0.15, 0.2) is 57.3 Å². The average Bonchev–Trinajstić information content (AvgIpc) is 3.26. The van der Waals surface area contributed by atoms with E-state index in [1.807, 2.05) is 0 Å². The quantitative estimate of drug-likeness (QED) is 0.562. The van der Waals surface area contributed by atoms with Crippen molar-refractivity contribution in [1.82, 2.24) is 9.88 Å². The van der Waals surface area contributed by atoms with Crippen molar-refractivity contribution < 1.29 is 23.9 Å². The summed E-state index contributed by atoms with van der Waals surface area (Å²) >= 11 is 0. The molecule has 2 heterocycles. The minimum absolute atomic E-state index is 0.0255. The van der Waals surface area contributed by atoms with Crippen molar-refractivity contribution in [3.05, 3.63) is 48.4 Å². The maximum Gasteiger partial charge on any atom is 0.287 e. The number of benzene rings is 1. The second-order valence-corrected chi connectivity index (χ2v) is 5.50. The monoisotopic (exact) mass is 369 g/mol. The maximum absolute atomic E-state index is 11.9. The van der Waals surface area contributed by atoms with Crippen LogP contribution in [0.1, 0.15) is 10.6 Å². The van der Waals surface area contributed by atoms with E-state index in [2.05, 4.69) is 15.5 Å². The number of amides is 3. The molecule has 27 heavy (non-hydrogen) atoms. The maximum atomic E-state index is 11.9. The highest BCUT2D eigenvalue weighted by Gasteiger charge is 2.18. The van der Waals surface area contributed by atoms with Gasteiger partial charge in [0.15, 0.2) is 11.4 Å². The number of hydrogen-bond donors (Lipinski definition) is 3. The van der Waals surface area contributed by atoms with Gasteiger partial charge in [-0.1, -0.05) is 18.2 Å². The van der Waals surface area contributed by atoms with Crippen molar-refractivity contribution >= 4 is 34.3 Å². The molecule has 0 saturated carbocycles. The van der Waals surface area contributed by atoms with Gasteiger partial charge in [0.25, 0.3) is 11.8 Å². The second-order valence-electron chi connectivity index (χ2n) is 5.50. The zero-order chi connectivity index (χ0) is 19.4. The zero-order valence-corrected chi connectivity index (χ0v) is 14.0. The number of para-hydroxylation sites is 1. The van der Waals surface area contributed by atoms with Crippen LogP contribution in [0, 0.1) is 0 Å². The molecule has 0 saturated heterocycles. The minimum Gasteiger partial charge on any atom is -0.493 e. The topological polar surface area (TPSA) is 152 Å². The number of rotatable bonds is 6. The number of nitrogens with one attached hydrogen (secondary N) is 1. The van der Waals surface area contributed by atoms with Crippen LogP contribution in [0.3, 0.4) is 0 Å². The fourth-order valence-electron chi connectivity index (χ4n) is 2.48. The highest BCUT2D eigenvalue weighted by atomic mass is 16.3. The van der Waals surface area contributed by atoms with E-state index in [4.69, 9.17) is 10.2 Å². The van der Waals surface area contributed by atoms with Crippen molar-refractivity contribution in [2.45, 2.75) is 6.54 Å². The van der Waals surface area contributed by atoms with Gasteiger partial charge in [0.05, 0.1) is 11.8 Å². The van der Waals surface area contributed by atoms with Crippen molar-refractivity contribution in [1.29, 1.82) is 0 Å². The third-order valence-corrected chi connectivity index (χ3v) is 3.64. The fourth-order valence-corrected chi connectivity index (χ4v) is 2.48. The van der Waals surface area contributed by atoms with Gasteiger partial charge in [-0.3, -0.25) is 14.4 Å². The molecule has 0 radical (unpaired) electrons. The predicted molar refractivity (Wildman–Crippen MR) is 93.4 cm³/mol. The number of azo groups is 1. The number of furan rings is 1. The predicted octanol–water partition coefficient (Wildman–Crippen LogP) is 1.47. The van der Waals surface area contributed by atoms with Crippen LogP contribution in [0.5, 0.6) is 5.88 Å². The summed E-state index contributed by atoms with van der Waals surface area (Å²) in [6, 6.07) is 9.75. The standard InChI is InChI=1S/C17H15N5O5/c18-13(23)9-22-11-5-2-1-4-10(11)15(17(22)26)21-20-14(24)8-19-16(25)12-6-3-7-27-12/h1-7,26H,8-9H2,(H2,18,23)(H,19,25). The smallest absolute Gasteiger partial charge is 0.287 e. The summed E-state index contributed by atoms with van der Waals surface area (Å²) in [5, 5.41) is 20.4. The second kappa shape index (κ2) is 7.52. The third-order valence-electron chi connectivity index (χ3n) is 3.64. The molecule has 2 aromatic heterocycles. The Hall–Kier alpha value is -3.95. The van der Waals surface area contributed by atoms with Gasteiger partial charge in [0, 0.05) is 5.39 Å². The van der Waals surface area contributed by atoms with Crippen molar-refractivity contribution in [3.8, 4) is 5.88 Å². The number of carbonyl (C=O) groups is 3. The molecule has 0 bridgehead atoms. The third kappa shape index (κ3) is 3.84. The Morgan fingerprint density at radius 2 is 1.96 bits per heavy atom. The normalized spacial score (nSPS) is 11.1. The van der Waals surface area contributed by atoms with Crippen LogP contribution in [-0.2, 0) is 16.1 Å². The van der Waals surface area contributed by atoms with Gasteiger partial charge in [-0.2, -0.15) is 0 Å². The van der Waals surface area contributed by atoms with E-state index in [0.29, 0.717) is 10.9 Å². The van der Waals surface area contributed by atoms with Gasteiger partial charge in [0.2, 0.25) is 11.8 Å².